The van der Waals surface area contributed by atoms with Crippen molar-refractivity contribution in [2.45, 2.75) is 64.8 Å². The first kappa shape index (κ1) is 20.4. The summed E-state index contributed by atoms with van der Waals surface area (Å²) in [6.07, 6.45) is 6.13. The number of nitrogens with one attached hydrogen (secondary N) is 1. The summed E-state index contributed by atoms with van der Waals surface area (Å²) >= 11 is 0. The van der Waals surface area contributed by atoms with Crippen molar-refractivity contribution in [1.82, 2.24) is 4.90 Å². The molecule has 1 aromatic carbocycles. The third kappa shape index (κ3) is 4.54. The van der Waals surface area contributed by atoms with E-state index in [9.17, 15) is 14.4 Å². The average molecular weight is 386 g/mol. The summed E-state index contributed by atoms with van der Waals surface area (Å²) in [6.45, 7) is 4.17. The number of amides is 2. The molecule has 1 saturated carbocycles. The molecule has 2 fully saturated rings. The zero-order chi connectivity index (χ0) is 20.1. The molecule has 1 aliphatic carbocycles. The molecule has 0 bridgehead atoms. The molecular weight excluding hydrogens is 356 g/mol. The van der Waals surface area contributed by atoms with Gasteiger partial charge in [-0.25, -0.2) is 0 Å². The van der Waals surface area contributed by atoms with Crippen LogP contribution in [0.2, 0.25) is 0 Å². The van der Waals surface area contributed by atoms with E-state index in [-0.39, 0.29) is 30.9 Å². The van der Waals surface area contributed by atoms with E-state index in [1.165, 1.54) is 0 Å². The van der Waals surface area contributed by atoms with Crippen molar-refractivity contribution in [2.24, 2.45) is 5.92 Å². The minimum absolute atomic E-state index is 0.0303. The van der Waals surface area contributed by atoms with E-state index in [1.807, 2.05) is 36.9 Å². The highest BCUT2D eigenvalue weighted by molar-refractivity contribution is 5.95. The van der Waals surface area contributed by atoms with Gasteiger partial charge in [0.25, 0.3) is 5.91 Å². The Kier molecular flexibility index (Phi) is 6.70. The number of benzene rings is 1. The lowest BCUT2D eigenvalue weighted by atomic mass is 10.0. The Balaban J connectivity index is 1.52. The number of anilines is 1. The van der Waals surface area contributed by atoms with Gasteiger partial charge in [0.05, 0.1) is 5.92 Å². The standard InChI is InChI=1S/C22H30N2O4/c1-3-15-8-7-9-16(4-2)21(15)23-19(25)14-28-22(27)17-12-20(26)24(13-17)18-10-5-6-11-18/h7-9,17-18H,3-6,10-14H2,1-2H3,(H,23,25)/t17-/m0/s1. The maximum atomic E-state index is 12.4. The Morgan fingerprint density at radius 2 is 1.79 bits per heavy atom. The van der Waals surface area contributed by atoms with Crippen molar-refractivity contribution in [3.8, 4) is 0 Å². The smallest absolute Gasteiger partial charge is 0.311 e. The van der Waals surface area contributed by atoms with Crippen LogP contribution in [-0.4, -0.2) is 41.9 Å². The summed E-state index contributed by atoms with van der Waals surface area (Å²) in [5.74, 6) is -1.23. The van der Waals surface area contributed by atoms with Crippen molar-refractivity contribution in [3.63, 3.8) is 0 Å². The van der Waals surface area contributed by atoms with Crippen LogP contribution in [0.15, 0.2) is 18.2 Å². The number of nitrogens with zero attached hydrogens (tertiary/aromatic N) is 1. The number of hydrogen-bond donors (Lipinski definition) is 1. The lowest BCUT2D eigenvalue weighted by Gasteiger charge is -2.23. The van der Waals surface area contributed by atoms with Crippen LogP contribution in [-0.2, 0) is 32.0 Å². The molecule has 1 saturated heterocycles. The van der Waals surface area contributed by atoms with Crippen LogP contribution in [0, 0.1) is 5.92 Å². The number of para-hydroxylation sites is 1. The fraction of sp³-hybridized carbons (Fsp3) is 0.591. The van der Waals surface area contributed by atoms with Gasteiger partial charge in [-0.05, 0) is 36.8 Å². The highest BCUT2D eigenvalue weighted by Gasteiger charge is 2.39. The van der Waals surface area contributed by atoms with Gasteiger partial charge >= 0.3 is 5.97 Å². The van der Waals surface area contributed by atoms with Gasteiger partial charge in [0, 0.05) is 24.7 Å². The van der Waals surface area contributed by atoms with Gasteiger partial charge in [-0.3, -0.25) is 14.4 Å². The number of carbonyl (C=O) groups excluding carboxylic acids is 3. The first-order valence-corrected chi connectivity index (χ1v) is 10.4. The van der Waals surface area contributed by atoms with Crippen molar-refractivity contribution < 1.29 is 19.1 Å². The maximum Gasteiger partial charge on any atom is 0.311 e. The Bertz CT molecular complexity index is 718. The largest absolute Gasteiger partial charge is 0.455 e. The van der Waals surface area contributed by atoms with Crippen LogP contribution in [0.3, 0.4) is 0 Å². The first-order valence-electron chi connectivity index (χ1n) is 10.4. The van der Waals surface area contributed by atoms with Gasteiger partial charge in [-0.1, -0.05) is 44.9 Å². The zero-order valence-corrected chi connectivity index (χ0v) is 16.8. The summed E-state index contributed by atoms with van der Waals surface area (Å²) in [5, 5.41) is 2.90. The van der Waals surface area contributed by atoms with E-state index >= 15 is 0 Å². The summed E-state index contributed by atoms with van der Waals surface area (Å²) in [6, 6.07) is 6.23. The van der Waals surface area contributed by atoms with E-state index < -0.39 is 11.9 Å². The molecule has 1 heterocycles. The highest BCUT2D eigenvalue weighted by Crippen LogP contribution is 2.30. The second-order valence-corrected chi connectivity index (χ2v) is 7.70. The van der Waals surface area contributed by atoms with Crippen molar-refractivity contribution in [1.29, 1.82) is 0 Å². The molecule has 0 radical (unpaired) electrons. The molecule has 6 nitrogen and oxygen atoms in total. The number of ether oxygens (including phenoxy) is 1. The molecule has 152 valence electrons. The molecule has 1 N–H and O–H groups in total. The minimum Gasteiger partial charge on any atom is -0.455 e. The van der Waals surface area contributed by atoms with E-state index in [2.05, 4.69) is 5.32 Å². The molecule has 2 aliphatic rings. The van der Waals surface area contributed by atoms with Crippen molar-refractivity contribution in [3.05, 3.63) is 29.3 Å². The Morgan fingerprint density at radius 3 is 2.39 bits per heavy atom. The fourth-order valence-corrected chi connectivity index (χ4v) is 4.29. The Labute approximate surface area is 166 Å². The van der Waals surface area contributed by atoms with Crippen molar-refractivity contribution >= 4 is 23.5 Å². The average Bonchev–Trinajstić information content (AvgIpc) is 3.35. The SMILES string of the molecule is CCc1cccc(CC)c1NC(=O)COC(=O)[C@H]1CC(=O)N(C2CCCC2)C1. The molecule has 6 heteroatoms. The number of rotatable bonds is 7. The van der Waals surface area contributed by atoms with Crippen LogP contribution in [0.4, 0.5) is 5.69 Å². The zero-order valence-electron chi connectivity index (χ0n) is 16.8. The quantitative estimate of drug-likeness (QED) is 0.731. The fourth-order valence-electron chi connectivity index (χ4n) is 4.29. The minimum atomic E-state index is -0.463. The Hall–Kier alpha value is -2.37. The van der Waals surface area contributed by atoms with Crippen molar-refractivity contribution in [2.75, 3.05) is 18.5 Å². The summed E-state index contributed by atoms with van der Waals surface area (Å²) in [5.41, 5.74) is 2.94. The lowest BCUT2D eigenvalue weighted by molar-refractivity contribution is -0.151. The predicted octanol–water partition coefficient (Wildman–Crippen LogP) is 3.08. The second kappa shape index (κ2) is 9.22. The summed E-state index contributed by atoms with van der Waals surface area (Å²) in [4.78, 5) is 38.8. The number of aryl methyl sites for hydroxylation is 2. The van der Waals surface area contributed by atoms with Crippen LogP contribution >= 0.6 is 0 Å². The normalized spacial score (nSPS) is 19.9. The number of carbonyl (C=O) groups is 3. The molecule has 1 atom stereocenters. The third-order valence-electron chi connectivity index (χ3n) is 5.87. The van der Waals surface area contributed by atoms with Gasteiger partial charge in [-0.2, -0.15) is 0 Å². The molecule has 2 amide bonds. The predicted molar refractivity (Wildman–Crippen MR) is 107 cm³/mol. The molecule has 0 spiro atoms. The van der Waals surface area contributed by atoms with Gasteiger partial charge in [0.1, 0.15) is 0 Å². The van der Waals surface area contributed by atoms with Crippen LogP contribution in [0.1, 0.15) is 57.1 Å². The van der Waals surface area contributed by atoms with Crippen LogP contribution in [0.25, 0.3) is 0 Å². The van der Waals surface area contributed by atoms with E-state index in [0.717, 1.165) is 55.3 Å². The molecule has 0 aromatic heterocycles. The third-order valence-corrected chi connectivity index (χ3v) is 5.87. The second-order valence-electron chi connectivity index (χ2n) is 7.70. The van der Waals surface area contributed by atoms with Gasteiger partial charge in [-0.15, -0.1) is 0 Å². The maximum absolute atomic E-state index is 12.4. The Morgan fingerprint density at radius 1 is 1.14 bits per heavy atom. The summed E-state index contributed by atoms with van der Waals surface area (Å²) in [7, 11) is 0. The van der Waals surface area contributed by atoms with E-state index in [1.54, 1.807) is 0 Å². The number of esters is 1. The monoisotopic (exact) mass is 386 g/mol. The van der Waals surface area contributed by atoms with Gasteiger partial charge in [0.2, 0.25) is 5.91 Å². The molecular formula is C22H30N2O4. The highest BCUT2D eigenvalue weighted by atomic mass is 16.5. The molecule has 1 aromatic rings. The lowest BCUT2D eigenvalue weighted by Crippen LogP contribution is -2.35. The number of likely N-dealkylation sites (tertiary alicyclic amines) is 1. The van der Waals surface area contributed by atoms with Gasteiger partial charge in [0.15, 0.2) is 6.61 Å². The van der Waals surface area contributed by atoms with Gasteiger partial charge < -0.3 is 15.0 Å². The molecule has 28 heavy (non-hydrogen) atoms. The van der Waals surface area contributed by atoms with E-state index in [4.69, 9.17) is 4.74 Å². The molecule has 1 aliphatic heterocycles. The van der Waals surface area contributed by atoms with E-state index in [0.29, 0.717) is 6.54 Å². The first-order chi connectivity index (χ1) is 13.5. The summed E-state index contributed by atoms with van der Waals surface area (Å²) < 4.78 is 5.24. The molecule has 0 unspecified atom stereocenters. The van der Waals surface area contributed by atoms with Crippen LogP contribution < -0.4 is 5.32 Å². The molecule has 3 rings (SSSR count). The van der Waals surface area contributed by atoms with Crippen LogP contribution in [0.5, 0.6) is 0 Å². The number of hydrogen-bond acceptors (Lipinski definition) is 4. The topological polar surface area (TPSA) is 75.7 Å².